The predicted molar refractivity (Wildman–Crippen MR) is 77.5 cm³/mol. The quantitative estimate of drug-likeness (QED) is 0.751. The van der Waals surface area contributed by atoms with E-state index in [0.717, 1.165) is 25.8 Å². The fourth-order valence-corrected chi connectivity index (χ4v) is 2.08. The van der Waals surface area contributed by atoms with Crippen LogP contribution in [0.15, 0.2) is 6.07 Å². The molecule has 1 aromatic rings. The molecule has 5 heteroatoms. The molecule has 0 saturated heterocycles. The van der Waals surface area contributed by atoms with Crippen molar-refractivity contribution in [1.29, 1.82) is 0 Å². The summed E-state index contributed by atoms with van der Waals surface area (Å²) in [5, 5.41) is 0.128. The number of rotatable bonds is 6. The SMILES string of the molecule is CCCCN(C(=O)c1cc(C)nc(Cl)n1)C(C)CC. The third-order valence-electron chi connectivity index (χ3n) is 3.18. The van der Waals surface area contributed by atoms with Gasteiger partial charge in [-0.25, -0.2) is 9.97 Å². The molecule has 106 valence electrons. The predicted octanol–water partition coefficient (Wildman–Crippen LogP) is 3.48. The highest BCUT2D eigenvalue weighted by atomic mass is 35.5. The van der Waals surface area contributed by atoms with Crippen LogP contribution >= 0.6 is 11.6 Å². The summed E-state index contributed by atoms with van der Waals surface area (Å²) in [5.74, 6) is -0.0600. The number of halogens is 1. The minimum absolute atomic E-state index is 0.0600. The van der Waals surface area contributed by atoms with Gasteiger partial charge in [-0.1, -0.05) is 20.3 Å². The molecule has 0 aliphatic heterocycles. The number of carbonyl (C=O) groups is 1. The molecule has 0 aliphatic rings. The third-order valence-corrected chi connectivity index (χ3v) is 3.35. The van der Waals surface area contributed by atoms with E-state index in [0.29, 0.717) is 11.4 Å². The molecule has 0 saturated carbocycles. The van der Waals surface area contributed by atoms with Crippen LogP contribution in [0.4, 0.5) is 0 Å². The molecule has 1 aromatic heterocycles. The normalized spacial score (nSPS) is 12.3. The minimum atomic E-state index is -0.0600. The van der Waals surface area contributed by atoms with Gasteiger partial charge in [-0.05, 0) is 44.4 Å². The fraction of sp³-hybridized carbons (Fsp3) is 0.643. The molecule has 0 bridgehead atoms. The van der Waals surface area contributed by atoms with Crippen molar-refractivity contribution in [2.75, 3.05) is 6.54 Å². The van der Waals surface area contributed by atoms with Crippen LogP contribution < -0.4 is 0 Å². The van der Waals surface area contributed by atoms with Crippen molar-refractivity contribution in [3.63, 3.8) is 0 Å². The zero-order valence-corrected chi connectivity index (χ0v) is 12.9. The molecular weight excluding hydrogens is 262 g/mol. The largest absolute Gasteiger partial charge is 0.335 e. The Morgan fingerprint density at radius 2 is 2.11 bits per heavy atom. The molecule has 19 heavy (non-hydrogen) atoms. The molecule has 0 N–H and O–H groups in total. The van der Waals surface area contributed by atoms with Gasteiger partial charge in [0, 0.05) is 18.3 Å². The van der Waals surface area contributed by atoms with E-state index in [-0.39, 0.29) is 17.2 Å². The average Bonchev–Trinajstić information content (AvgIpc) is 2.37. The van der Waals surface area contributed by atoms with E-state index in [2.05, 4.69) is 30.7 Å². The van der Waals surface area contributed by atoms with Crippen molar-refractivity contribution in [2.45, 2.75) is 53.0 Å². The molecule has 1 unspecified atom stereocenters. The van der Waals surface area contributed by atoms with Gasteiger partial charge in [0.1, 0.15) is 5.69 Å². The summed E-state index contributed by atoms with van der Waals surface area (Å²) >= 11 is 5.82. The van der Waals surface area contributed by atoms with E-state index in [9.17, 15) is 4.79 Å². The smallest absolute Gasteiger partial charge is 0.272 e. The molecule has 4 nitrogen and oxygen atoms in total. The molecule has 1 amide bonds. The molecular formula is C14H22ClN3O. The summed E-state index contributed by atoms with van der Waals surface area (Å²) in [6.45, 7) is 8.82. The molecule has 0 radical (unpaired) electrons. The standard InChI is InChI=1S/C14H22ClN3O/c1-5-7-8-18(11(4)6-2)13(19)12-9-10(3)16-14(15)17-12/h9,11H,5-8H2,1-4H3. The Hall–Kier alpha value is -1.16. The molecule has 1 atom stereocenters. The monoisotopic (exact) mass is 283 g/mol. The number of hydrogen-bond donors (Lipinski definition) is 0. The van der Waals surface area contributed by atoms with Crippen molar-refractivity contribution in [1.82, 2.24) is 14.9 Å². The van der Waals surface area contributed by atoms with E-state index in [1.54, 1.807) is 6.07 Å². The first-order chi connectivity index (χ1) is 8.99. The van der Waals surface area contributed by atoms with E-state index >= 15 is 0 Å². The lowest BCUT2D eigenvalue weighted by Gasteiger charge is -2.28. The average molecular weight is 284 g/mol. The van der Waals surface area contributed by atoms with Crippen molar-refractivity contribution in [2.24, 2.45) is 0 Å². The van der Waals surface area contributed by atoms with Crippen molar-refractivity contribution < 1.29 is 4.79 Å². The van der Waals surface area contributed by atoms with E-state index in [1.807, 2.05) is 11.8 Å². The van der Waals surface area contributed by atoms with Gasteiger partial charge < -0.3 is 4.90 Å². The third kappa shape index (κ3) is 4.46. The van der Waals surface area contributed by atoms with Gasteiger partial charge in [-0.2, -0.15) is 0 Å². The van der Waals surface area contributed by atoms with Crippen molar-refractivity contribution >= 4 is 17.5 Å². The van der Waals surface area contributed by atoms with Gasteiger partial charge in [0.05, 0.1) is 0 Å². The summed E-state index contributed by atoms with van der Waals surface area (Å²) in [7, 11) is 0. The lowest BCUT2D eigenvalue weighted by molar-refractivity contribution is 0.0679. The van der Waals surface area contributed by atoms with Crippen LogP contribution in [0.5, 0.6) is 0 Å². The van der Waals surface area contributed by atoms with Gasteiger partial charge in [0.15, 0.2) is 0 Å². The molecule has 0 spiro atoms. The molecule has 1 rings (SSSR count). The Kier molecular flexibility index (Phi) is 6.22. The molecule has 0 aliphatic carbocycles. The van der Waals surface area contributed by atoms with Crippen LogP contribution in [0.3, 0.4) is 0 Å². The number of aromatic nitrogens is 2. The van der Waals surface area contributed by atoms with Gasteiger partial charge in [-0.3, -0.25) is 4.79 Å². The van der Waals surface area contributed by atoms with Crippen LogP contribution in [0, 0.1) is 6.92 Å². The van der Waals surface area contributed by atoms with Crippen LogP contribution in [0.25, 0.3) is 0 Å². The van der Waals surface area contributed by atoms with Gasteiger partial charge in [0.2, 0.25) is 5.28 Å². The van der Waals surface area contributed by atoms with Gasteiger partial charge in [-0.15, -0.1) is 0 Å². The summed E-state index contributed by atoms with van der Waals surface area (Å²) in [6, 6.07) is 1.89. The van der Waals surface area contributed by atoms with Crippen molar-refractivity contribution in [3.05, 3.63) is 22.7 Å². The van der Waals surface area contributed by atoms with Crippen LogP contribution in [-0.4, -0.2) is 33.4 Å². The van der Waals surface area contributed by atoms with Crippen LogP contribution in [0.1, 0.15) is 56.2 Å². The number of carbonyl (C=O) groups excluding carboxylic acids is 1. The maximum atomic E-state index is 12.5. The summed E-state index contributed by atoms with van der Waals surface area (Å²) in [5.41, 5.74) is 1.09. The minimum Gasteiger partial charge on any atom is -0.335 e. The number of nitrogens with zero attached hydrogens (tertiary/aromatic N) is 3. The van der Waals surface area contributed by atoms with Crippen LogP contribution in [-0.2, 0) is 0 Å². The second-order valence-corrected chi connectivity index (χ2v) is 5.11. The highest BCUT2D eigenvalue weighted by Crippen LogP contribution is 2.13. The van der Waals surface area contributed by atoms with E-state index in [4.69, 9.17) is 11.6 Å². The summed E-state index contributed by atoms with van der Waals surface area (Å²) in [6.07, 6.45) is 2.98. The first-order valence-corrected chi connectivity index (χ1v) is 7.19. The van der Waals surface area contributed by atoms with Crippen LogP contribution in [0.2, 0.25) is 5.28 Å². The van der Waals surface area contributed by atoms with E-state index in [1.165, 1.54) is 0 Å². The Labute approximate surface area is 120 Å². The maximum Gasteiger partial charge on any atom is 0.272 e. The molecule has 1 heterocycles. The van der Waals surface area contributed by atoms with Gasteiger partial charge >= 0.3 is 0 Å². The summed E-state index contributed by atoms with van der Waals surface area (Å²) in [4.78, 5) is 22.4. The fourth-order valence-electron chi connectivity index (χ4n) is 1.86. The number of unbranched alkanes of at least 4 members (excludes halogenated alkanes) is 1. The number of aryl methyl sites for hydroxylation is 1. The molecule has 0 fully saturated rings. The maximum absolute atomic E-state index is 12.5. The van der Waals surface area contributed by atoms with E-state index < -0.39 is 0 Å². The number of amides is 1. The zero-order valence-electron chi connectivity index (χ0n) is 12.1. The van der Waals surface area contributed by atoms with Crippen molar-refractivity contribution in [3.8, 4) is 0 Å². The zero-order chi connectivity index (χ0) is 14.4. The topological polar surface area (TPSA) is 46.1 Å². The highest BCUT2D eigenvalue weighted by molar-refractivity contribution is 6.28. The number of hydrogen-bond acceptors (Lipinski definition) is 3. The highest BCUT2D eigenvalue weighted by Gasteiger charge is 2.21. The Bertz CT molecular complexity index is 416. The second-order valence-electron chi connectivity index (χ2n) is 4.77. The Balaban J connectivity index is 2.97. The summed E-state index contributed by atoms with van der Waals surface area (Å²) < 4.78 is 0. The second kappa shape index (κ2) is 7.43. The lowest BCUT2D eigenvalue weighted by Crippen LogP contribution is -2.39. The Morgan fingerprint density at radius 1 is 1.42 bits per heavy atom. The lowest BCUT2D eigenvalue weighted by atomic mass is 10.1. The first-order valence-electron chi connectivity index (χ1n) is 6.81. The molecule has 0 aromatic carbocycles. The van der Waals surface area contributed by atoms with Gasteiger partial charge in [0.25, 0.3) is 5.91 Å². The first kappa shape index (κ1) is 15.9. The Morgan fingerprint density at radius 3 is 2.63 bits per heavy atom.